The Balaban J connectivity index is 1.64. The Kier molecular flexibility index (Phi) is 8.36. The van der Waals surface area contributed by atoms with E-state index < -0.39 is 48.1 Å². The maximum absolute atomic E-state index is 14.3. The molecule has 0 radical (unpaired) electrons. The molecule has 0 aliphatic carbocycles. The van der Waals surface area contributed by atoms with E-state index in [2.05, 4.69) is 0 Å². The number of benzene rings is 3. The Morgan fingerprint density at radius 3 is 2.44 bits per heavy atom. The number of aliphatic hydroxyl groups excluding tert-OH is 1. The van der Waals surface area contributed by atoms with E-state index in [9.17, 15) is 27.9 Å². The molecule has 1 N–H and O–H groups in total. The van der Waals surface area contributed by atoms with Gasteiger partial charge in [0.2, 0.25) is 5.43 Å². The van der Waals surface area contributed by atoms with Gasteiger partial charge in [-0.3, -0.25) is 19.3 Å². The molecule has 2 aliphatic rings. The maximum atomic E-state index is 14.3. The van der Waals surface area contributed by atoms with Gasteiger partial charge in [-0.15, -0.1) is 11.8 Å². The van der Waals surface area contributed by atoms with Crippen molar-refractivity contribution >= 4 is 29.3 Å². The minimum absolute atomic E-state index is 0.0763. The van der Waals surface area contributed by atoms with Gasteiger partial charge in [-0.25, -0.2) is 0 Å². The van der Waals surface area contributed by atoms with Gasteiger partial charge in [-0.1, -0.05) is 72.3 Å². The first-order valence-electron chi connectivity index (χ1n) is 14.2. The summed E-state index contributed by atoms with van der Waals surface area (Å²) in [6, 6.07) is 18.9. The highest BCUT2D eigenvalue weighted by Gasteiger charge is 2.48. The van der Waals surface area contributed by atoms with E-state index in [1.165, 1.54) is 17.8 Å². The number of fused-ring (bicyclic) bond motifs is 3. The van der Waals surface area contributed by atoms with Gasteiger partial charge in [0.1, 0.15) is 25.4 Å². The lowest BCUT2D eigenvalue weighted by Crippen LogP contribution is -2.60. The van der Waals surface area contributed by atoms with Crippen molar-refractivity contribution < 1.29 is 27.8 Å². The minimum atomic E-state index is -4.76. The number of alkyl halides is 3. The summed E-state index contributed by atoms with van der Waals surface area (Å²) in [5.74, 6) is -0.911. The molecule has 2 aliphatic heterocycles. The van der Waals surface area contributed by atoms with Crippen molar-refractivity contribution in [2.75, 3.05) is 11.7 Å². The third kappa shape index (κ3) is 5.69. The number of aromatic nitrogens is 1. The van der Waals surface area contributed by atoms with E-state index in [4.69, 9.17) is 16.3 Å². The molecule has 1 amide bonds. The van der Waals surface area contributed by atoms with Crippen LogP contribution < -0.4 is 15.2 Å². The number of hydrogen-bond donors (Lipinski definition) is 1. The Morgan fingerprint density at radius 1 is 1.02 bits per heavy atom. The third-order valence-electron chi connectivity index (χ3n) is 8.14. The van der Waals surface area contributed by atoms with E-state index in [-0.39, 0.29) is 17.9 Å². The van der Waals surface area contributed by atoms with Gasteiger partial charge in [0.05, 0.1) is 6.10 Å². The molecule has 3 atom stereocenters. The number of hydrogen-bond acceptors (Lipinski definition) is 6. The SMILES string of the molecule is CC(O)c1cn2c(c(OCc3ccccc3)c1=O)C(=O)N(C(C)C(F)(F)F)CN2[C@@H]1c2ccccc2SCc2cccc(Cl)c21. The van der Waals surface area contributed by atoms with Crippen LogP contribution in [0.25, 0.3) is 0 Å². The fourth-order valence-corrected chi connectivity index (χ4v) is 7.12. The largest absolute Gasteiger partial charge is 0.482 e. The Labute approximate surface area is 266 Å². The van der Waals surface area contributed by atoms with Crippen molar-refractivity contribution in [2.24, 2.45) is 0 Å². The average molecular weight is 656 g/mol. The van der Waals surface area contributed by atoms with Gasteiger partial charge in [-0.2, -0.15) is 13.2 Å². The summed E-state index contributed by atoms with van der Waals surface area (Å²) in [6.07, 6.45) is -4.71. The Morgan fingerprint density at radius 2 is 1.73 bits per heavy atom. The molecule has 0 saturated carbocycles. The van der Waals surface area contributed by atoms with Crippen molar-refractivity contribution in [3.8, 4) is 5.75 Å². The van der Waals surface area contributed by atoms with Gasteiger partial charge < -0.3 is 14.7 Å². The molecule has 0 fully saturated rings. The molecule has 3 heterocycles. The molecule has 4 aromatic rings. The predicted octanol–water partition coefficient (Wildman–Crippen LogP) is 6.83. The number of carbonyl (C=O) groups excluding carboxylic acids is 1. The van der Waals surface area contributed by atoms with Gasteiger partial charge >= 0.3 is 6.18 Å². The van der Waals surface area contributed by atoms with E-state index in [0.717, 1.165) is 22.9 Å². The van der Waals surface area contributed by atoms with Crippen molar-refractivity contribution in [2.45, 2.75) is 55.5 Å². The van der Waals surface area contributed by atoms with Crippen LogP contribution in [0.15, 0.2) is 88.7 Å². The Bertz CT molecular complexity index is 1820. The van der Waals surface area contributed by atoms with E-state index >= 15 is 0 Å². The topological polar surface area (TPSA) is 75.0 Å². The number of nitrogens with zero attached hydrogens (tertiary/aromatic N) is 3. The monoisotopic (exact) mass is 655 g/mol. The first-order chi connectivity index (χ1) is 21.5. The zero-order valence-electron chi connectivity index (χ0n) is 24.3. The zero-order valence-corrected chi connectivity index (χ0v) is 25.9. The molecule has 0 spiro atoms. The van der Waals surface area contributed by atoms with Crippen LogP contribution in [0.2, 0.25) is 5.02 Å². The number of aliphatic hydroxyl groups is 1. The van der Waals surface area contributed by atoms with E-state index in [0.29, 0.717) is 26.8 Å². The van der Waals surface area contributed by atoms with E-state index in [1.54, 1.807) is 53.2 Å². The molecule has 2 unspecified atom stereocenters. The van der Waals surface area contributed by atoms with Crippen molar-refractivity contribution in [1.29, 1.82) is 0 Å². The van der Waals surface area contributed by atoms with Crippen LogP contribution in [0.3, 0.4) is 0 Å². The first kappa shape index (κ1) is 31.1. The lowest BCUT2D eigenvalue weighted by molar-refractivity contribution is -0.173. The lowest BCUT2D eigenvalue weighted by Gasteiger charge is -2.46. The quantitative estimate of drug-likeness (QED) is 0.246. The summed E-state index contributed by atoms with van der Waals surface area (Å²) < 4.78 is 50.3. The molecular weight excluding hydrogens is 627 g/mol. The van der Waals surface area contributed by atoms with Crippen LogP contribution in [-0.4, -0.2) is 39.5 Å². The smallest absolute Gasteiger partial charge is 0.408 e. The van der Waals surface area contributed by atoms with Crippen molar-refractivity contribution in [3.63, 3.8) is 0 Å². The second kappa shape index (κ2) is 12.1. The molecule has 0 saturated heterocycles. The number of ether oxygens (including phenoxy) is 1. The lowest BCUT2D eigenvalue weighted by atomic mass is 9.94. The predicted molar refractivity (Wildman–Crippen MR) is 166 cm³/mol. The summed E-state index contributed by atoms with van der Waals surface area (Å²) in [5.41, 5.74) is 1.75. The fraction of sp³-hybridized carbons (Fsp3) is 0.273. The standard InChI is InChI=1S/C33H29ClF3N3O4S/c1-19(41)24-15-39-29(31(30(24)42)44-16-21-9-4-3-5-10-21)32(43)38(20(2)33(35,36)37)18-40(39)28-23-12-6-7-14-26(23)45-17-22-11-8-13-25(34)27(22)28/h3-15,19-20,28,41H,16-18H2,1-2H3/t19?,20?,28-/m1/s1. The highest BCUT2D eigenvalue weighted by molar-refractivity contribution is 7.98. The average Bonchev–Trinajstić information content (AvgIpc) is 3.18. The second-order valence-corrected chi connectivity index (χ2v) is 12.4. The molecule has 3 aromatic carbocycles. The highest BCUT2D eigenvalue weighted by atomic mass is 35.5. The number of pyridine rings is 1. The zero-order chi connectivity index (χ0) is 32.0. The third-order valence-corrected chi connectivity index (χ3v) is 9.61. The van der Waals surface area contributed by atoms with E-state index in [1.807, 2.05) is 36.4 Å². The van der Waals surface area contributed by atoms with Crippen LogP contribution >= 0.6 is 23.4 Å². The molecule has 6 rings (SSSR count). The molecule has 0 bridgehead atoms. The summed E-state index contributed by atoms with van der Waals surface area (Å²) >= 11 is 8.43. The van der Waals surface area contributed by atoms with Crippen LogP contribution in [0, 0.1) is 0 Å². The number of carbonyl (C=O) groups is 1. The summed E-state index contributed by atoms with van der Waals surface area (Å²) in [4.78, 5) is 29.5. The van der Waals surface area contributed by atoms with Gasteiger partial charge in [0, 0.05) is 33.0 Å². The number of thioether (sulfide) groups is 1. The summed E-state index contributed by atoms with van der Waals surface area (Å²) in [7, 11) is 0. The second-order valence-electron chi connectivity index (χ2n) is 11.0. The number of rotatable bonds is 6. The summed E-state index contributed by atoms with van der Waals surface area (Å²) in [6.45, 7) is 1.69. The van der Waals surface area contributed by atoms with Crippen LogP contribution in [0.5, 0.6) is 5.75 Å². The van der Waals surface area contributed by atoms with Gasteiger partial charge in [-0.05, 0) is 42.7 Å². The van der Waals surface area contributed by atoms with Crippen LogP contribution in [0.1, 0.15) is 64.3 Å². The molecular formula is C33H29ClF3N3O4S. The fourth-order valence-electron chi connectivity index (χ4n) is 5.73. The molecule has 45 heavy (non-hydrogen) atoms. The number of halogens is 4. The highest BCUT2D eigenvalue weighted by Crippen LogP contribution is 2.46. The van der Waals surface area contributed by atoms with Gasteiger partial charge in [0.15, 0.2) is 11.4 Å². The molecule has 234 valence electrons. The van der Waals surface area contributed by atoms with Gasteiger partial charge in [0.25, 0.3) is 5.91 Å². The molecule has 7 nitrogen and oxygen atoms in total. The normalized spacial score (nSPS) is 17.6. The molecule has 1 aromatic heterocycles. The number of amides is 1. The van der Waals surface area contributed by atoms with Crippen molar-refractivity contribution in [1.82, 2.24) is 9.58 Å². The first-order valence-corrected chi connectivity index (χ1v) is 15.6. The minimum Gasteiger partial charge on any atom is -0.482 e. The molecule has 12 heteroatoms. The maximum Gasteiger partial charge on any atom is 0.408 e. The van der Waals surface area contributed by atoms with Crippen LogP contribution in [-0.2, 0) is 12.4 Å². The van der Waals surface area contributed by atoms with Crippen LogP contribution in [0.4, 0.5) is 13.2 Å². The van der Waals surface area contributed by atoms with Crippen molar-refractivity contribution in [3.05, 3.63) is 128 Å². The Hall–Kier alpha value is -3.93. The summed E-state index contributed by atoms with van der Waals surface area (Å²) in [5, 5.41) is 12.7.